The predicted octanol–water partition coefficient (Wildman–Crippen LogP) is 4.41. The standard InChI is InChI=1S/C34H39F2N5O4.ClH/c35-28-16-15-26(20-29(28)36)45-18-17-39-34(44)30(24-9-5-2-6-10-24)41-33(43)27(19-22-11-13-25(14-12-22)31(37)38)32(42)40-21-23-7-3-1-4-8-23;/h1,3-4,7-8,11-16,20,24,27,30H,2,5-6,9-10,17-19,21H2,(H3,37,38)(H,39,44)(H,40,42)(H,41,43);1H/t27?,30-;/m0./s1. The molecule has 3 amide bonds. The number of ether oxygens (including phenoxy) is 1. The summed E-state index contributed by atoms with van der Waals surface area (Å²) in [6, 6.07) is 18.4. The number of halogens is 3. The molecule has 3 aromatic carbocycles. The summed E-state index contributed by atoms with van der Waals surface area (Å²) >= 11 is 0. The van der Waals surface area contributed by atoms with E-state index in [2.05, 4.69) is 16.0 Å². The Kier molecular flexibility index (Phi) is 13.9. The van der Waals surface area contributed by atoms with E-state index in [4.69, 9.17) is 15.9 Å². The summed E-state index contributed by atoms with van der Waals surface area (Å²) in [6.45, 7) is 0.306. The van der Waals surface area contributed by atoms with Gasteiger partial charge in [0.25, 0.3) is 0 Å². The lowest BCUT2D eigenvalue weighted by Gasteiger charge is -2.31. The molecular formula is C34H40ClF2N5O4. The molecule has 12 heteroatoms. The summed E-state index contributed by atoms with van der Waals surface area (Å²) in [5.41, 5.74) is 7.67. The number of amides is 3. The van der Waals surface area contributed by atoms with E-state index in [9.17, 15) is 23.2 Å². The highest BCUT2D eigenvalue weighted by molar-refractivity contribution is 6.02. The van der Waals surface area contributed by atoms with Gasteiger partial charge in [-0.05, 0) is 48.4 Å². The van der Waals surface area contributed by atoms with Crippen molar-refractivity contribution in [3.05, 3.63) is 101 Å². The smallest absolute Gasteiger partial charge is 0.242 e. The molecule has 4 rings (SSSR count). The Hall–Kier alpha value is -4.51. The van der Waals surface area contributed by atoms with Gasteiger partial charge in [-0.25, -0.2) is 8.78 Å². The molecule has 0 radical (unpaired) electrons. The van der Waals surface area contributed by atoms with Crippen LogP contribution in [-0.2, 0) is 27.3 Å². The van der Waals surface area contributed by atoms with Crippen LogP contribution in [0, 0.1) is 28.9 Å². The quantitative estimate of drug-likeness (QED) is 0.0756. The molecule has 0 saturated heterocycles. The number of hydrogen-bond donors (Lipinski definition) is 5. The zero-order valence-corrected chi connectivity index (χ0v) is 26.2. The lowest BCUT2D eigenvalue weighted by atomic mass is 9.83. The molecule has 1 aliphatic carbocycles. The van der Waals surface area contributed by atoms with Crippen LogP contribution in [0.1, 0.15) is 48.8 Å². The van der Waals surface area contributed by atoms with Crippen LogP contribution in [0.5, 0.6) is 5.75 Å². The van der Waals surface area contributed by atoms with Gasteiger partial charge in [-0.15, -0.1) is 12.4 Å². The van der Waals surface area contributed by atoms with Crippen molar-refractivity contribution in [3.8, 4) is 5.75 Å². The molecule has 1 fully saturated rings. The van der Waals surface area contributed by atoms with Crippen LogP contribution >= 0.6 is 12.4 Å². The minimum atomic E-state index is -1.13. The molecule has 0 heterocycles. The molecule has 2 atom stereocenters. The van der Waals surface area contributed by atoms with Gasteiger partial charge < -0.3 is 26.4 Å². The Morgan fingerprint density at radius 2 is 1.54 bits per heavy atom. The van der Waals surface area contributed by atoms with Crippen LogP contribution < -0.4 is 26.4 Å². The molecule has 0 bridgehead atoms. The van der Waals surface area contributed by atoms with E-state index in [1.807, 2.05) is 30.3 Å². The molecule has 246 valence electrons. The van der Waals surface area contributed by atoms with Crippen molar-refractivity contribution in [3.63, 3.8) is 0 Å². The zero-order chi connectivity index (χ0) is 32.2. The molecule has 0 aromatic heterocycles. The Labute approximate surface area is 273 Å². The summed E-state index contributed by atoms with van der Waals surface area (Å²) in [4.78, 5) is 40.7. The number of nitrogens with one attached hydrogen (secondary N) is 4. The highest BCUT2D eigenvalue weighted by Gasteiger charge is 2.35. The van der Waals surface area contributed by atoms with Crippen molar-refractivity contribution in [1.82, 2.24) is 16.0 Å². The Morgan fingerprint density at radius 1 is 0.848 bits per heavy atom. The van der Waals surface area contributed by atoms with Crippen LogP contribution in [0.2, 0.25) is 0 Å². The van der Waals surface area contributed by atoms with E-state index >= 15 is 0 Å². The highest BCUT2D eigenvalue weighted by Crippen LogP contribution is 2.27. The average Bonchev–Trinajstić information content (AvgIpc) is 3.05. The van der Waals surface area contributed by atoms with Gasteiger partial charge in [0, 0.05) is 18.2 Å². The molecule has 3 aromatic rings. The third-order valence-corrected chi connectivity index (χ3v) is 7.91. The first-order chi connectivity index (χ1) is 21.7. The molecule has 1 saturated carbocycles. The van der Waals surface area contributed by atoms with Crippen molar-refractivity contribution < 1.29 is 27.9 Å². The van der Waals surface area contributed by atoms with Gasteiger partial charge in [-0.1, -0.05) is 73.9 Å². The molecule has 9 nitrogen and oxygen atoms in total. The van der Waals surface area contributed by atoms with Gasteiger partial charge in [0.2, 0.25) is 17.7 Å². The van der Waals surface area contributed by atoms with Crippen molar-refractivity contribution in [1.29, 1.82) is 5.41 Å². The summed E-state index contributed by atoms with van der Waals surface area (Å²) < 4.78 is 32.1. The summed E-state index contributed by atoms with van der Waals surface area (Å²) in [6.07, 6.45) is 4.47. The zero-order valence-electron chi connectivity index (χ0n) is 25.4. The van der Waals surface area contributed by atoms with E-state index in [1.54, 1.807) is 24.3 Å². The number of carbonyl (C=O) groups excluding carboxylic acids is 3. The van der Waals surface area contributed by atoms with Gasteiger partial charge in [0.15, 0.2) is 11.6 Å². The number of benzene rings is 3. The normalized spacial score (nSPS) is 14.2. The Bertz CT molecular complexity index is 1470. The third-order valence-electron chi connectivity index (χ3n) is 7.91. The van der Waals surface area contributed by atoms with Crippen molar-refractivity contribution in [2.24, 2.45) is 17.6 Å². The molecule has 0 spiro atoms. The largest absolute Gasteiger partial charge is 0.492 e. The number of rotatable bonds is 14. The second kappa shape index (κ2) is 17.8. The fourth-order valence-corrected chi connectivity index (χ4v) is 5.41. The van der Waals surface area contributed by atoms with Gasteiger partial charge in [-0.2, -0.15) is 0 Å². The lowest BCUT2D eigenvalue weighted by Crippen LogP contribution is -2.55. The van der Waals surface area contributed by atoms with Crippen molar-refractivity contribution in [2.45, 2.75) is 51.1 Å². The van der Waals surface area contributed by atoms with Gasteiger partial charge in [-0.3, -0.25) is 19.8 Å². The number of nitrogens with two attached hydrogens (primary N) is 1. The number of hydrogen-bond acceptors (Lipinski definition) is 5. The first-order valence-corrected chi connectivity index (χ1v) is 15.1. The maximum Gasteiger partial charge on any atom is 0.242 e. The summed E-state index contributed by atoms with van der Waals surface area (Å²) in [7, 11) is 0. The molecular weight excluding hydrogens is 616 g/mol. The molecule has 1 aliphatic rings. The van der Waals surface area contributed by atoms with Crippen LogP contribution in [0.4, 0.5) is 8.78 Å². The van der Waals surface area contributed by atoms with Crippen LogP contribution in [0.3, 0.4) is 0 Å². The summed E-state index contributed by atoms with van der Waals surface area (Å²) in [5, 5.41) is 16.2. The van der Waals surface area contributed by atoms with Crippen molar-refractivity contribution >= 4 is 36.0 Å². The van der Waals surface area contributed by atoms with Crippen LogP contribution in [0.25, 0.3) is 0 Å². The monoisotopic (exact) mass is 655 g/mol. The average molecular weight is 656 g/mol. The second-order valence-electron chi connectivity index (χ2n) is 11.2. The fourth-order valence-electron chi connectivity index (χ4n) is 5.41. The van der Waals surface area contributed by atoms with E-state index in [0.717, 1.165) is 49.8 Å². The molecule has 46 heavy (non-hydrogen) atoms. The first-order valence-electron chi connectivity index (χ1n) is 15.1. The first kappa shape index (κ1) is 36.0. The van der Waals surface area contributed by atoms with Crippen LogP contribution in [0.15, 0.2) is 72.8 Å². The SMILES string of the molecule is Cl.N=C(N)c1ccc(CC(C(=O)NCc2ccccc2)C(=O)N[C@H](C(=O)NCCOc2ccc(F)c(F)c2)C2CCCCC2)cc1. The number of amidine groups is 1. The lowest BCUT2D eigenvalue weighted by molar-refractivity contribution is -0.138. The number of carbonyl (C=O) groups is 3. The predicted molar refractivity (Wildman–Crippen MR) is 174 cm³/mol. The third kappa shape index (κ3) is 10.5. The highest BCUT2D eigenvalue weighted by atomic mass is 35.5. The Morgan fingerprint density at radius 3 is 2.20 bits per heavy atom. The maximum atomic E-state index is 13.8. The van der Waals surface area contributed by atoms with E-state index in [1.165, 1.54) is 6.07 Å². The minimum absolute atomic E-state index is 0. The molecule has 0 aliphatic heterocycles. The summed E-state index contributed by atoms with van der Waals surface area (Å²) in [5.74, 6) is -4.68. The molecule has 1 unspecified atom stereocenters. The maximum absolute atomic E-state index is 13.8. The van der Waals surface area contributed by atoms with E-state index < -0.39 is 41.3 Å². The second-order valence-corrected chi connectivity index (χ2v) is 11.2. The molecule has 6 N–H and O–H groups in total. The minimum Gasteiger partial charge on any atom is -0.492 e. The van der Waals surface area contributed by atoms with E-state index in [0.29, 0.717) is 11.1 Å². The van der Waals surface area contributed by atoms with Gasteiger partial charge in [0.1, 0.15) is 30.2 Å². The van der Waals surface area contributed by atoms with Gasteiger partial charge >= 0.3 is 0 Å². The number of nitrogen functional groups attached to an aromatic ring is 1. The Balaban J connectivity index is 0.00000576. The van der Waals surface area contributed by atoms with E-state index in [-0.39, 0.29) is 56.0 Å². The van der Waals surface area contributed by atoms with Crippen LogP contribution in [-0.4, -0.2) is 42.8 Å². The fraction of sp³-hybridized carbons (Fsp3) is 0.353. The topological polar surface area (TPSA) is 146 Å². The van der Waals surface area contributed by atoms with Gasteiger partial charge in [0.05, 0.1) is 6.54 Å². The van der Waals surface area contributed by atoms with Crippen molar-refractivity contribution in [2.75, 3.05) is 13.2 Å².